The highest BCUT2D eigenvalue weighted by Gasteiger charge is 2.63. The summed E-state index contributed by atoms with van der Waals surface area (Å²) in [7, 11) is 0. The smallest absolute Gasteiger partial charge is 0.329 e. The quantitative estimate of drug-likeness (QED) is 0.753. The Balaban J connectivity index is 1.69. The Hall–Kier alpha value is -1.06. The first kappa shape index (κ1) is 15.8. The second-order valence-electron chi connectivity index (χ2n) is 8.13. The van der Waals surface area contributed by atoms with Crippen molar-refractivity contribution in [3.63, 3.8) is 0 Å². The SMILES string of the molecule is CCC(=O)N1CCCC1C(=O)OC1CC2CCC1(C)C2(C)C. The van der Waals surface area contributed by atoms with Crippen molar-refractivity contribution in [3.05, 3.63) is 0 Å². The van der Waals surface area contributed by atoms with Gasteiger partial charge < -0.3 is 9.64 Å². The minimum absolute atomic E-state index is 0.0212. The molecule has 0 spiro atoms. The molecule has 124 valence electrons. The second kappa shape index (κ2) is 5.24. The minimum atomic E-state index is -0.349. The van der Waals surface area contributed by atoms with Gasteiger partial charge in [-0.15, -0.1) is 0 Å². The van der Waals surface area contributed by atoms with Crippen LogP contribution in [0.4, 0.5) is 0 Å². The van der Waals surface area contributed by atoms with Crippen LogP contribution in [0.15, 0.2) is 0 Å². The maximum Gasteiger partial charge on any atom is 0.329 e. The monoisotopic (exact) mass is 307 g/mol. The summed E-state index contributed by atoms with van der Waals surface area (Å²) in [5, 5.41) is 0. The molecule has 4 heteroatoms. The van der Waals surface area contributed by atoms with Gasteiger partial charge in [0.2, 0.25) is 5.91 Å². The summed E-state index contributed by atoms with van der Waals surface area (Å²) >= 11 is 0. The Morgan fingerprint density at radius 1 is 1.23 bits per heavy atom. The van der Waals surface area contributed by atoms with Crippen molar-refractivity contribution in [3.8, 4) is 0 Å². The molecule has 1 aliphatic heterocycles. The van der Waals surface area contributed by atoms with E-state index in [0.29, 0.717) is 18.9 Å². The van der Waals surface area contributed by atoms with Crippen LogP contribution in [0.25, 0.3) is 0 Å². The molecule has 2 bridgehead atoms. The number of likely N-dealkylation sites (tertiary alicyclic amines) is 1. The molecule has 1 heterocycles. The Bertz CT molecular complexity index is 487. The number of fused-ring (bicyclic) bond motifs is 2. The van der Waals surface area contributed by atoms with Gasteiger partial charge in [-0.25, -0.2) is 4.79 Å². The van der Waals surface area contributed by atoms with Crippen molar-refractivity contribution in [2.24, 2.45) is 16.7 Å². The van der Waals surface area contributed by atoms with Crippen molar-refractivity contribution in [2.45, 2.75) is 78.4 Å². The Kier molecular flexibility index (Phi) is 3.77. The van der Waals surface area contributed by atoms with E-state index in [2.05, 4.69) is 20.8 Å². The van der Waals surface area contributed by atoms with Gasteiger partial charge in [-0.1, -0.05) is 27.7 Å². The lowest BCUT2D eigenvalue weighted by molar-refractivity contribution is -0.164. The first-order valence-corrected chi connectivity index (χ1v) is 8.81. The van der Waals surface area contributed by atoms with E-state index < -0.39 is 0 Å². The third kappa shape index (κ3) is 2.10. The third-order valence-corrected chi connectivity index (χ3v) is 7.12. The van der Waals surface area contributed by atoms with Gasteiger partial charge in [0, 0.05) is 18.4 Å². The molecule has 2 aliphatic carbocycles. The van der Waals surface area contributed by atoms with Crippen LogP contribution in [0, 0.1) is 16.7 Å². The van der Waals surface area contributed by atoms with Gasteiger partial charge >= 0.3 is 5.97 Å². The molecule has 4 unspecified atom stereocenters. The maximum atomic E-state index is 12.6. The topological polar surface area (TPSA) is 46.6 Å². The molecular weight excluding hydrogens is 278 g/mol. The Morgan fingerprint density at radius 3 is 2.50 bits per heavy atom. The molecule has 3 fully saturated rings. The van der Waals surface area contributed by atoms with Gasteiger partial charge in [-0.3, -0.25) is 4.79 Å². The van der Waals surface area contributed by atoms with Crippen molar-refractivity contribution in [2.75, 3.05) is 6.54 Å². The van der Waals surface area contributed by atoms with Gasteiger partial charge in [0.1, 0.15) is 12.1 Å². The van der Waals surface area contributed by atoms with Gasteiger partial charge in [-0.05, 0) is 43.4 Å². The zero-order valence-electron chi connectivity index (χ0n) is 14.4. The zero-order valence-corrected chi connectivity index (χ0v) is 14.4. The zero-order chi connectivity index (χ0) is 16.1. The molecule has 3 rings (SSSR count). The van der Waals surface area contributed by atoms with Crippen LogP contribution < -0.4 is 0 Å². The molecular formula is C18H29NO3. The molecule has 4 nitrogen and oxygen atoms in total. The summed E-state index contributed by atoms with van der Waals surface area (Å²) in [6, 6.07) is -0.349. The van der Waals surface area contributed by atoms with E-state index in [0.717, 1.165) is 25.7 Å². The van der Waals surface area contributed by atoms with E-state index in [9.17, 15) is 9.59 Å². The summed E-state index contributed by atoms with van der Waals surface area (Å²) in [5.41, 5.74) is 0.331. The Morgan fingerprint density at radius 2 is 1.95 bits per heavy atom. The van der Waals surface area contributed by atoms with Crippen LogP contribution in [-0.2, 0) is 14.3 Å². The van der Waals surface area contributed by atoms with Gasteiger partial charge in [0.05, 0.1) is 0 Å². The first-order chi connectivity index (χ1) is 10.3. The number of carbonyl (C=O) groups is 2. The Labute approximate surface area is 133 Å². The molecule has 0 aromatic heterocycles. The number of hydrogen-bond donors (Lipinski definition) is 0. The average Bonchev–Trinajstić information content (AvgIpc) is 3.09. The van der Waals surface area contributed by atoms with E-state index in [-0.39, 0.29) is 34.9 Å². The fraction of sp³-hybridized carbons (Fsp3) is 0.889. The highest BCUT2D eigenvalue weighted by atomic mass is 16.5. The predicted octanol–water partition coefficient (Wildman–Crippen LogP) is 3.15. The standard InChI is InChI=1S/C18H29NO3/c1-5-15(20)19-10-6-7-13(19)16(21)22-14-11-12-8-9-18(14,4)17(12,2)3/h12-14H,5-11H2,1-4H3. The van der Waals surface area contributed by atoms with Crippen LogP contribution in [0.2, 0.25) is 0 Å². The average molecular weight is 307 g/mol. The molecule has 4 atom stereocenters. The second-order valence-corrected chi connectivity index (χ2v) is 8.13. The lowest BCUT2D eigenvalue weighted by Crippen LogP contribution is -2.45. The molecule has 1 amide bonds. The molecule has 0 aromatic carbocycles. The summed E-state index contributed by atoms with van der Waals surface area (Å²) < 4.78 is 5.96. The lowest BCUT2D eigenvalue weighted by Gasteiger charge is -2.39. The number of carbonyl (C=O) groups excluding carboxylic acids is 2. The highest BCUT2D eigenvalue weighted by Crippen LogP contribution is 2.66. The highest BCUT2D eigenvalue weighted by molar-refractivity contribution is 5.85. The number of rotatable bonds is 3. The number of amides is 1. The number of esters is 1. The summed E-state index contributed by atoms with van der Waals surface area (Å²) in [4.78, 5) is 26.3. The summed E-state index contributed by atoms with van der Waals surface area (Å²) in [6.07, 6.45) is 5.52. The van der Waals surface area contributed by atoms with Gasteiger partial charge in [0.15, 0.2) is 0 Å². The van der Waals surface area contributed by atoms with E-state index >= 15 is 0 Å². The molecule has 0 radical (unpaired) electrons. The van der Waals surface area contributed by atoms with Gasteiger partial charge in [-0.2, -0.15) is 0 Å². The molecule has 1 saturated heterocycles. The normalized spacial score (nSPS) is 39.3. The largest absolute Gasteiger partial charge is 0.460 e. The van der Waals surface area contributed by atoms with Crippen molar-refractivity contribution >= 4 is 11.9 Å². The van der Waals surface area contributed by atoms with E-state index in [1.54, 1.807) is 4.90 Å². The van der Waals surface area contributed by atoms with Crippen LogP contribution in [0.3, 0.4) is 0 Å². The molecule has 0 aromatic rings. The first-order valence-electron chi connectivity index (χ1n) is 8.81. The maximum absolute atomic E-state index is 12.6. The number of nitrogens with zero attached hydrogens (tertiary/aromatic N) is 1. The van der Waals surface area contributed by atoms with Crippen molar-refractivity contribution in [1.29, 1.82) is 0 Å². The number of ether oxygens (including phenoxy) is 1. The molecule has 22 heavy (non-hydrogen) atoms. The van der Waals surface area contributed by atoms with E-state index in [1.165, 1.54) is 6.42 Å². The third-order valence-electron chi connectivity index (χ3n) is 7.12. The van der Waals surface area contributed by atoms with Crippen LogP contribution in [0.1, 0.15) is 66.2 Å². The predicted molar refractivity (Wildman–Crippen MR) is 84.1 cm³/mol. The van der Waals surface area contributed by atoms with Crippen LogP contribution in [0.5, 0.6) is 0 Å². The molecule has 3 aliphatic rings. The fourth-order valence-corrected chi connectivity index (χ4v) is 5.04. The van der Waals surface area contributed by atoms with Crippen molar-refractivity contribution < 1.29 is 14.3 Å². The molecule has 0 N–H and O–H groups in total. The summed E-state index contributed by atoms with van der Waals surface area (Å²) in [5.74, 6) is 0.556. The summed E-state index contributed by atoms with van der Waals surface area (Å²) in [6.45, 7) is 9.47. The number of hydrogen-bond acceptors (Lipinski definition) is 3. The van der Waals surface area contributed by atoms with E-state index in [4.69, 9.17) is 4.74 Å². The minimum Gasteiger partial charge on any atom is -0.460 e. The van der Waals surface area contributed by atoms with Gasteiger partial charge in [0.25, 0.3) is 0 Å². The van der Waals surface area contributed by atoms with E-state index in [1.807, 2.05) is 6.92 Å². The fourth-order valence-electron chi connectivity index (χ4n) is 5.04. The van der Waals surface area contributed by atoms with Crippen molar-refractivity contribution in [1.82, 2.24) is 4.90 Å². The lowest BCUT2D eigenvalue weighted by atomic mass is 9.70. The molecule has 2 saturated carbocycles. The van der Waals surface area contributed by atoms with Crippen LogP contribution in [-0.4, -0.2) is 35.5 Å². The van der Waals surface area contributed by atoms with Crippen LogP contribution >= 0.6 is 0 Å².